The Morgan fingerprint density at radius 3 is 2.53 bits per heavy atom. The molecule has 0 aromatic heterocycles. The SMILES string of the molecule is CCCCOP(=O)(C(=O)CO)c1ccccc1. The minimum absolute atomic E-state index is 0.258. The van der Waals surface area contributed by atoms with Crippen LogP contribution in [0.3, 0.4) is 0 Å². The Morgan fingerprint density at radius 1 is 1.35 bits per heavy atom. The van der Waals surface area contributed by atoms with Gasteiger partial charge in [0, 0.05) is 5.30 Å². The molecular formula is C12H17O4P. The van der Waals surface area contributed by atoms with Crippen molar-refractivity contribution in [3.8, 4) is 0 Å². The number of benzene rings is 1. The predicted octanol–water partition coefficient (Wildman–Crippen LogP) is 1.93. The minimum Gasteiger partial charge on any atom is -0.388 e. The molecule has 1 aromatic rings. The Kier molecular flexibility index (Phi) is 5.56. The number of aliphatic hydroxyl groups excluding tert-OH is 1. The monoisotopic (exact) mass is 256 g/mol. The fourth-order valence-electron chi connectivity index (χ4n) is 1.35. The van der Waals surface area contributed by atoms with Crippen LogP contribution in [-0.2, 0) is 13.9 Å². The van der Waals surface area contributed by atoms with Crippen molar-refractivity contribution in [2.75, 3.05) is 13.2 Å². The van der Waals surface area contributed by atoms with E-state index in [0.29, 0.717) is 5.30 Å². The molecule has 94 valence electrons. The van der Waals surface area contributed by atoms with Gasteiger partial charge in [-0.2, -0.15) is 0 Å². The van der Waals surface area contributed by atoms with Crippen LogP contribution < -0.4 is 5.30 Å². The van der Waals surface area contributed by atoms with Crippen molar-refractivity contribution in [3.63, 3.8) is 0 Å². The first kappa shape index (κ1) is 14.1. The molecule has 1 rings (SSSR count). The highest BCUT2D eigenvalue weighted by atomic mass is 31.2. The number of hydrogen-bond donors (Lipinski definition) is 1. The van der Waals surface area contributed by atoms with Gasteiger partial charge in [-0.25, -0.2) is 0 Å². The van der Waals surface area contributed by atoms with Crippen LogP contribution in [0.1, 0.15) is 19.8 Å². The Bertz CT molecular complexity index is 402. The van der Waals surface area contributed by atoms with Crippen molar-refractivity contribution in [1.29, 1.82) is 0 Å². The molecule has 0 heterocycles. The van der Waals surface area contributed by atoms with Crippen molar-refractivity contribution < 1.29 is 19.0 Å². The summed E-state index contributed by atoms with van der Waals surface area (Å²) < 4.78 is 17.7. The lowest BCUT2D eigenvalue weighted by molar-refractivity contribution is -0.115. The van der Waals surface area contributed by atoms with E-state index < -0.39 is 19.5 Å². The second kappa shape index (κ2) is 6.70. The van der Waals surface area contributed by atoms with E-state index in [9.17, 15) is 9.36 Å². The quantitative estimate of drug-likeness (QED) is 0.598. The van der Waals surface area contributed by atoms with Crippen LogP contribution in [-0.4, -0.2) is 23.8 Å². The van der Waals surface area contributed by atoms with Crippen molar-refractivity contribution in [3.05, 3.63) is 30.3 Å². The maximum Gasteiger partial charge on any atom is 0.298 e. The summed E-state index contributed by atoms with van der Waals surface area (Å²) in [5.74, 6) is 0. The van der Waals surface area contributed by atoms with Gasteiger partial charge in [0.05, 0.1) is 6.61 Å². The zero-order valence-corrected chi connectivity index (χ0v) is 10.7. The lowest BCUT2D eigenvalue weighted by atomic mass is 10.4. The Balaban J connectivity index is 2.95. The van der Waals surface area contributed by atoms with Crippen molar-refractivity contribution >= 4 is 18.2 Å². The molecule has 0 bridgehead atoms. The first-order valence-corrected chi connectivity index (χ1v) is 7.22. The molecule has 5 heteroatoms. The van der Waals surface area contributed by atoms with Crippen LogP contribution >= 0.6 is 7.37 Å². The average Bonchev–Trinajstić information content (AvgIpc) is 2.39. The smallest absolute Gasteiger partial charge is 0.298 e. The van der Waals surface area contributed by atoms with E-state index >= 15 is 0 Å². The first-order chi connectivity index (χ1) is 8.15. The molecule has 1 N–H and O–H groups in total. The summed E-state index contributed by atoms with van der Waals surface area (Å²) in [5.41, 5.74) is -0.750. The molecule has 1 aromatic carbocycles. The highest BCUT2D eigenvalue weighted by molar-refractivity contribution is 7.82. The molecule has 0 aliphatic carbocycles. The largest absolute Gasteiger partial charge is 0.388 e. The maximum atomic E-state index is 12.5. The van der Waals surface area contributed by atoms with E-state index in [-0.39, 0.29) is 6.61 Å². The van der Waals surface area contributed by atoms with E-state index in [0.717, 1.165) is 12.8 Å². The molecule has 0 radical (unpaired) electrons. The van der Waals surface area contributed by atoms with Gasteiger partial charge in [-0.15, -0.1) is 0 Å². The van der Waals surface area contributed by atoms with E-state index in [1.807, 2.05) is 6.92 Å². The topological polar surface area (TPSA) is 63.6 Å². The van der Waals surface area contributed by atoms with Gasteiger partial charge < -0.3 is 9.63 Å². The van der Waals surface area contributed by atoms with E-state index in [1.165, 1.54) is 0 Å². The molecule has 0 aliphatic heterocycles. The summed E-state index contributed by atoms with van der Waals surface area (Å²) in [4.78, 5) is 11.6. The van der Waals surface area contributed by atoms with Gasteiger partial charge in [-0.05, 0) is 18.6 Å². The number of unbranched alkanes of at least 4 members (excludes halogenated alkanes) is 1. The van der Waals surface area contributed by atoms with Gasteiger partial charge in [-0.1, -0.05) is 31.5 Å². The summed E-state index contributed by atoms with van der Waals surface area (Å²) in [6.45, 7) is 1.47. The normalized spacial score (nSPS) is 14.2. The van der Waals surface area contributed by atoms with Crippen LogP contribution in [0.2, 0.25) is 0 Å². The first-order valence-electron chi connectivity index (χ1n) is 5.59. The van der Waals surface area contributed by atoms with Crippen LogP contribution in [0.15, 0.2) is 30.3 Å². The lowest BCUT2D eigenvalue weighted by Gasteiger charge is -2.16. The Morgan fingerprint density at radius 2 is 2.00 bits per heavy atom. The highest BCUT2D eigenvalue weighted by Crippen LogP contribution is 2.46. The number of aliphatic hydroxyl groups is 1. The Labute approximate surface area is 101 Å². The minimum atomic E-state index is -3.58. The Hall–Kier alpha value is -0.960. The fraction of sp³-hybridized carbons (Fsp3) is 0.417. The molecule has 4 nitrogen and oxygen atoms in total. The lowest BCUT2D eigenvalue weighted by Crippen LogP contribution is -2.18. The van der Waals surface area contributed by atoms with Crippen LogP contribution in [0.5, 0.6) is 0 Å². The van der Waals surface area contributed by atoms with E-state index in [4.69, 9.17) is 9.63 Å². The molecule has 0 amide bonds. The second-order valence-electron chi connectivity index (χ2n) is 3.63. The van der Waals surface area contributed by atoms with Gasteiger partial charge in [0.25, 0.3) is 7.37 Å². The molecule has 0 aliphatic rings. The predicted molar refractivity (Wildman–Crippen MR) is 66.6 cm³/mol. The summed E-state index contributed by atoms with van der Waals surface area (Å²) in [5, 5.41) is 9.23. The number of rotatable bonds is 7. The van der Waals surface area contributed by atoms with E-state index in [2.05, 4.69) is 0 Å². The highest BCUT2D eigenvalue weighted by Gasteiger charge is 2.34. The molecule has 0 saturated heterocycles. The standard InChI is InChI=1S/C12H17O4P/c1-2-3-9-16-17(15,12(14)10-13)11-7-5-4-6-8-11/h4-8,13H,2-3,9-10H2,1H3. The zero-order valence-electron chi connectivity index (χ0n) is 9.83. The van der Waals surface area contributed by atoms with E-state index in [1.54, 1.807) is 30.3 Å². The van der Waals surface area contributed by atoms with Crippen LogP contribution in [0.25, 0.3) is 0 Å². The van der Waals surface area contributed by atoms with Gasteiger partial charge in [0.15, 0.2) is 0 Å². The number of hydrogen-bond acceptors (Lipinski definition) is 4. The third kappa shape index (κ3) is 3.50. The van der Waals surface area contributed by atoms with Crippen molar-refractivity contribution in [2.24, 2.45) is 0 Å². The molecular weight excluding hydrogens is 239 g/mol. The molecule has 17 heavy (non-hydrogen) atoms. The van der Waals surface area contributed by atoms with Gasteiger partial charge in [0.1, 0.15) is 6.61 Å². The van der Waals surface area contributed by atoms with Crippen molar-refractivity contribution in [1.82, 2.24) is 0 Å². The second-order valence-corrected chi connectivity index (χ2v) is 6.00. The van der Waals surface area contributed by atoms with Gasteiger partial charge >= 0.3 is 0 Å². The van der Waals surface area contributed by atoms with Gasteiger partial charge in [-0.3, -0.25) is 9.36 Å². The zero-order chi connectivity index (χ0) is 12.7. The maximum absolute atomic E-state index is 12.5. The third-order valence-electron chi connectivity index (χ3n) is 2.33. The molecule has 1 unspecified atom stereocenters. The molecule has 0 saturated carbocycles. The molecule has 1 atom stereocenters. The molecule has 0 fully saturated rings. The average molecular weight is 256 g/mol. The third-order valence-corrected chi connectivity index (χ3v) is 4.65. The summed E-state index contributed by atoms with van der Waals surface area (Å²) in [6.07, 6.45) is 1.62. The fourth-order valence-corrected chi connectivity index (χ4v) is 3.06. The summed E-state index contributed by atoms with van der Waals surface area (Å²) in [7, 11) is -3.58. The van der Waals surface area contributed by atoms with Crippen molar-refractivity contribution in [2.45, 2.75) is 19.8 Å². The van der Waals surface area contributed by atoms with Crippen LogP contribution in [0.4, 0.5) is 0 Å². The van der Waals surface area contributed by atoms with Gasteiger partial charge in [0.2, 0.25) is 5.52 Å². The number of carbonyl (C=O) groups excluding carboxylic acids is 1. The van der Waals surface area contributed by atoms with Crippen LogP contribution in [0, 0.1) is 0 Å². The molecule has 0 spiro atoms. The summed E-state index contributed by atoms with van der Waals surface area (Å²) >= 11 is 0. The number of carbonyl (C=O) groups is 1. The summed E-state index contributed by atoms with van der Waals surface area (Å²) in [6, 6.07) is 8.31.